The zero-order valence-electron chi connectivity index (χ0n) is 8.28. The van der Waals surface area contributed by atoms with Crippen molar-refractivity contribution in [3.05, 3.63) is 10.0 Å². The summed E-state index contributed by atoms with van der Waals surface area (Å²) in [5, 5.41) is 0.806. The van der Waals surface area contributed by atoms with Gasteiger partial charge in [-0.05, 0) is 5.92 Å². The molecule has 0 spiro atoms. The number of rotatable bonds is 4. The Morgan fingerprint density at radius 3 is 2.57 bits per heavy atom. The van der Waals surface area contributed by atoms with E-state index in [-0.39, 0.29) is 0 Å². The SMILES string of the molecule is CC(C)C(C)Sc1nc(Cl)c(C=O)s1. The van der Waals surface area contributed by atoms with Crippen LogP contribution in [0.1, 0.15) is 30.4 Å². The van der Waals surface area contributed by atoms with Crippen LogP contribution in [0.4, 0.5) is 0 Å². The number of aromatic nitrogens is 1. The van der Waals surface area contributed by atoms with Crippen LogP contribution in [0.3, 0.4) is 0 Å². The van der Waals surface area contributed by atoms with Gasteiger partial charge in [0, 0.05) is 5.25 Å². The van der Waals surface area contributed by atoms with Gasteiger partial charge in [0.1, 0.15) is 4.88 Å². The summed E-state index contributed by atoms with van der Waals surface area (Å²) in [6.45, 7) is 6.46. The number of carbonyl (C=O) groups excluding carboxylic acids is 1. The van der Waals surface area contributed by atoms with Gasteiger partial charge in [-0.25, -0.2) is 4.98 Å². The Bertz CT molecular complexity index is 325. The van der Waals surface area contributed by atoms with Gasteiger partial charge < -0.3 is 0 Å². The van der Waals surface area contributed by atoms with Crippen molar-refractivity contribution < 1.29 is 4.79 Å². The quantitative estimate of drug-likeness (QED) is 0.601. The smallest absolute Gasteiger partial charge is 0.163 e. The molecule has 0 saturated carbocycles. The van der Waals surface area contributed by atoms with Crippen LogP contribution in [0.5, 0.6) is 0 Å². The van der Waals surface area contributed by atoms with Crippen LogP contribution >= 0.6 is 34.7 Å². The standard InChI is InChI=1S/C9H12ClNOS2/c1-5(2)6(3)13-9-11-8(10)7(4-12)14-9/h4-6H,1-3H3. The molecular formula is C9H12ClNOS2. The lowest BCUT2D eigenvalue weighted by atomic mass is 10.2. The summed E-state index contributed by atoms with van der Waals surface area (Å²) < 4.78 is 0.873. The molecule has 1 atom stereocenters. The molecule has 14 heavy (non-hydrogen) atoms. The molecule has 78 valence electrons. The Hall–Kier alpha value is -0.0600. The van der Waals surface area contributed by atoms with E-state index in [0.717, 1.165) is 10.6 Å². The van der Waals surface area contributed by atoms with Crippen LogP contribution in [-0.2, 0) is 0 Å². The van der Waals surface area contributed by atoms with Gasteiger partial charge in [-0.3, -0.25) is 4.79 Å². The molecule has 1 unspecified atom stereocenters. The van der Waals surface area contributed by atoms with Crippen molar-refractivity contribution in [1.29, 1.82) is 0 Å². The van der Waals surface area contributed by atoms with Crippen molar-refractivity contribution >= 4 is 41.0 Å². The molecule has 0 aromatic carbocycles. The van der Waals surface area contributed by atoms with Crippen LogP contribution in [0, 0.1) is 5.92 Å². The van der Waals surface area contributed by atoms with E-state index in [0.29, 0.717) is 21.2 Å². The second-order valence-electron chi connectivity index (χ2n) is 3.32. The van der Waals surface area contributed by atoms with Gasteiger partial charge in [0.2, 0.25) is 0 Å². The van der Waals surface area contributed by atoms with Crippen LogP contribution < -0.4 is 0 Å². The number of thioether (sulfide) groups is 1. The molecule has 1 rings (SSSR count). The van der Waals surface area contributed by atoms with Gasteiger partial charge in [-0.1, -0.05) is 44.1 Å². The number of carbonyl (C=O) groups is 1. The van der Waals surface area contributed by atoms with E-state index in [9.17, 15) is 4.79 Å². The maximum absolute atomic E-state index is 10.5. The van der Waals surface area contributed by atoms with Crippen molar-refractivity contribution in [2.45, 2.75) is 30.4 Å². The maximum atomic E-state index is 10.5. The third-order valence-electron chi connectivity index (χ3n) is 1.92. The molecule has 0 radical (unpaired) electrons. The Balaban J connectivity index is 2.72. The Kier molecular flexibility index (Phi) is 4.41. The molecule has 0 bridgehead atoms. The molecule has 0 saturated heterocycles. The van der Waals surface area contributed by atoms with Crippen molar-refractivity contribution in [2.24, 2.45) is 5.92 Å². The molecule has 0 N–H and O–H groups in total. The molecule has 0 aliphatic heterocycles. The monoisotopic (exact) mass is 249 g/mol. The number of hydrogen-bond donors (Lipinski definition) is 0. The predicted molar refractivity (Wildman–Crippen MR) is 62.7 cm³/mol. The molecule has 0 aliphatic carbocycles. The van der Waals surface area contributed by atoms with Gasteiger partial charge in [0.15, 0.2) is 15.8 Å². The molecule has 5 heteroatoms. The largest absolute Gasteiger partial charge is 0.297 e. The summed E-state index contributed by atoms with van der Waals surface area (Å²) >= 11 is 8.79. The van der Waals surface area contributed by atoms with E-state index in [2.05, 4.69) is 25.8 Å². The number of hydrogen-bond acceptors (Lipinski definition) is 4. The highest BCUT2D eigenvalue weighted by atomic mass is 35.5. The fourth-order valence-corrected chi connectivity index (χ4v) is 3.21. The zero-order chi connectivity index (χ0) is 10.7. The number of thiazole rings is 1. The second-order valence-corrected chi connectivity index (χ2v) is 6.33. The minimum Gasteiger partial charge on any atom is -0.297 e. The molecule has 0 amide bonds. The first-order valence-electron chi connectivity index (χ1n) is 4.32. The van der Waals surface area contributed by atoms with Crippen LogP contribution in [-0.4, -0.2) is 16.5 Å². The van der Waals surface area contributed by atoms with Crippen molar-refractivity contribution in [3.8, 4) is 0 Å². The topological polar surface area (TPSA) is 30.0 Å². The number of nitrogens with zero attached hydrogens (tertiary/aromatic N) is 1. The van der Waals surface area contributed by atoms with Crippen molar-refractivity contribution in [1.82, 2.24) is 4.98 Å². The third kappa shape index (κ3) is 2.97. The van der Waals surface area contributed by atoms with Gasteiger partial charge in [0.05, 0.1) is 0 Å². The lowest BCUT2D eigenvalue weighted by molar-refractivity contribution is 0.112. The highest BCUT2D eigenvalue weighted by Gasteiger charge is 2.14. The number of halogens is 1. The van der Waals surface area contributed by atoms with E-state index < -0.39 is 0 Å². The first-order chi connectivity index (χ1) is 6.54. The Morgan fingerprint density at radius 1 is 1.50 bits per heavy atom. The van der Waals surface area contributed by atoms with Gasteiger partial charge >= 0.3 is 0 Å². The lowest BCUT2D eigenvalue weighted by Gasteiger charge is -2.12. The molecule has 0 fully saturated rings. The number of aldehydes is 1. The second kappa shape index (κ2) is 5.14. The van der Waals surface area contributed by atoms with Gasteiger partial charge in [-0.2, -0.15) is 0 Å². The van der Waals surface area contributed by atoms with Crippen molar-refractivity contribution in [2.75, 3.05) is 0 Å². The molecule has 0 aliphatic rings. The normalized spacial score (nSPS) is 13.2. The first-order valence-corrected chi connectivity index (χ1v) is 6.40. The maximum Gasteiger partial charge on any atom is 0.163 e. The molecule has 2 nitrogen and oxygen atoms in total. The van der Waals surface area contributed by atoms with Crippen LogP contribution in [0.2, 0.25) is 5.15 Å². The Labute approximate surface area is 97.1 Å². The predicted octanol–water partition coefficient (Wildman–Crippen LogP) is 3.75. The van der Waals surface area contributed by atoms with Gasteiger partial charge in [-0.15, -0.1) is 11.3 Å². The highest BCUT2D eigenvalue weighted by Crippen LogP contribution is 2.33. The summed E-state index contributed by atoms with van der Waals surface area (Å²) in [6, 6.07) is 0. The minimum atomic E-state index is 0.323. The first kappa shape index (κ1) is 12.0. The van der Waals surface area contributed by atoms with E-state index in [1.54, 1.807) is 11.8 Å². The molecule has 1 aromatic heterocycles. The van der Waals surface area contributed by atoms with E-state index >= 15 is 0 Å². The van der Waals surface area contributed by atoms with Crippen molar-refractivity contribution in [3.63, 3.8) is 0 Å². The summed E-state index contributed by atoms with van der Waals surface area (Å²) in [5.74, 6) is 0.586. The van der Waals surface area contributed by atoms with E-state index in [1.807, 2.05) is 0 Å². The van der Waals surface area contributed by atoms with E-state index in [4.69, 9.17) is 11.6 Å². The summed E-state index contributed by atoms with van der Waals surface area (Å²) in [5.41, 5.74) is 0. The lowest BCUT2D eigenvalue weighted by Crippen LogP contribution is -2.04. The Morgan fingerprint density at radius 2 is 2.14 bits per heavy atom. The molecular weight excluding hydrogens is 238 g/mol. The highest BCUT2D eigenvalue weighted by molar-refractivity contribution is 8.01. The zero-order valence-corrected chi connectivity index (χ0v) is 10.7. The van der Waals surface area contributed by atoms with Crippen LogP contribution in [0.15, 0.2) is 4.34 Å². The fourth-order valence-electron chi connectivity index (χ4n) is 0.712. The van der Waals surface area contributed by atoms with E-state index in [1.165, 1.54) is 11.3 Å². The average molecular weight is 250 g/mol. The summed E-state index contributed by atoms with van der Waals surface area (Å²) in [4.78, 5) is 15.2. The van der Waals surface area contributed by atoms with Crippen LogP contribution in [0.25, 0.3) is 0 Å². The molecule has 1 aromatic rings. The molecule has 1 heterocycles. The fraction of sp³-hybridized carbons (Fsp3) is 0.556. The average Bonchev–Trinajstić information content (AvgIpc) is 2.45. The third-order valence-corrected chi connectivity index (χ3v) is 4.85. The van der Waals surface area contributed by atoms with Gasteiger partial charge in [0.25, 0.3) is 0 Å². The summed E-state index contributed by atoms with van der Waals surface area (Å²) in [6.07, 6.45) is 0.754. The summed E-state index contributed by atoms with van der Waals surface area (Å²) in [7, 11) is 0. The minimum absolute atomic E-state index is 0.323.